The van der Waals surface area contributed by atoms with Gasteiger partial charge in [-0.1, -0.05) is 12.1 Å². The second-order valence-corrected chi connectivity index (χ2v) is 7.11. The minimum atomic E-state index is -4.25. The topological polar surface area (TPSA) is 45.2 Å². The quantitative estimate of drug-likeness (QED) is 0.858. The molecule has 7 heteroatoms. The number of hydrogen-bond acceptors (Lipinski definition) is 2. The van der Waals surface area contributed by atoms with Gasteiger partial charge < -0.3 is 10.2 Å². The molecule has 0 bridgehead atoms. The molecule has 1 aliphatic carbocycles. The molecule has 1 aliphatic heterocycles. The Bertz CT molecular complexity index is 853. The van der Waals surface area contributed by atoms with Gasteiger partial charge in [-0.05, 0) is 49.1 Å². The molecule has 1 aromatic carbocycles. The van der Waals surface area contributed by atoms with Crippen molar-refractivity contribution >= 4 is 11.7 Å². The van der Waals surface area contributed by atoms with Crippen LogP contribution in [-0.4, -0.2) is 35.2 Å². The Hall–Kier alpha value is -2.57. The van der Waals surface area contributed by atoms with Crippen LogP contribution in [0.4, 0.5) is 23.7 Å². The number of amides is 2. The molecule has 2 heterocycles. The number of urea groups is 1. The maximum atomic E-state index is 13.2. The van der Waals surface area contributed by atoms with Crippen LogP contribution in [0.5, 0.6) is 0 Å². The number of rotatable bonds is 2. The van der Waals surface area contributed by atoms with Crippen LogP contribution >= 0.6 is 0 Å². The van der Waals surface area contributed by atoms with Crippen LogP contribution in [0.15, 0.2) is 42.6 Å². The zero-order valence-electron chi connectivity index (χ0n) is 14.2. The molecule has 4 nitrogen and oxygen atoms in total. The number of fused-ring (bicyclic) bond motifs is 1. The molecule has 0 radical (unpaired) electrons. The van der Waals surface area contributed by atoms with E-state index in [9.17, 15) is 18.0 Å². The molecule has 2 atom stereocenters. The maximum Gasteiger partial charge on any atom is 0.396 e. The molecule has 1 saturated heterocycles. The molecule has 4 rings (SSSR count). The molecular weight excluding hydrogens is 343 g/mol. The van der Waals surface area contributed by atoms with Gasteiger partial charge in [-0.25, -0.2) is 4.79 Å². The van der Waals surface area contributed by atoms with E-state index < -0.39 is 23.5 Å². The lowest BCUT2D eigenvalue weighted by Crippen LogP contribution is -2.38. The summed E-state index contributed by atoms with van der Waals surface area (Å²) < 4.78 is 39.5. The standard InChI is InChI=1S/C19H18F3N3O/c1-12-5-6-14(8-15(12)16-4-2-3-7-23-16)24-17(26)25-10-13-9-18(13,11-25)19(20,21)22/h2-8,13H,9-11H2,1H3,(H,24,26)/t13-,18-/m1/s1. The molecule has 2 aromatic rings. The van der Waals surface area contributed by atoms with Crippen LogP contribution in [0.1, 0.15) is 12.0 Å². The molecule has 2 fully saturated rings. The summed E-state index contributed by atoms with van der Waals surface area (Å²) in [5, 5.41) is 2.72. The van der Waals surface area contributed by atoms with Crippen LogP contribution in [0, 0.1) is 18.3 Å². The van der Waals surface area contributed by atoms with E-state index in [1.807, 2.05) is 31.2 Å². The minimum absolute atomic E-state index is 0.134. The van der Waals surface area contributed by atoms with E-state index in [2.05, 4.69) is 10.3 Å². The zero-order chi connectivity index (χ0) is 18.5. The minimum Gasteiger partial charge on any atom is -0.323 e. The Morgan fingerprint density at radius 3 is 2.77 bits per heavy atom. The third kappa shape index (κ3) is 2.71. The van der Waals surface area contributed by atoms with Crippen molar-refractivity contribution in [3.8, 4) is 11.3 Å². The lowest BCUT2D eigenvalue weighted by molar-refractivity contribution is -0.187. The Labute approximate surface area is 149 Å². The number of pyridine rings is 1. The number of benzene rings is 1. The molecule has 1 aromatic heterocycles. The van der Waals surface area contributed by atoms with Crippen LogP contribution in [0.25, 0.3) is 11.3 Å². The summed E-state index contributed by atoms with van der Waals surface area (Å²) >= 11 is 0. The first-order valence-electron chi connectivity index (χ1n) is 8.45. The van der Waals surface area contributed by atoms with Gasteiger partial charge in [0.2, 0.25) is 0 Å². The second-order valence-electron chi connectivity index (χ2n) is 7.11. The summed E-state index contributed by atoms with van der Waals surface area (Å²) in [5.74, 6) is -0.463. The van der Waals surface area contributed by atoms with Crippen molar-refractivity contribution < 1.29 is 18.0 Å². The normalized spacial score (nSPS) is 24.3. The number of aromatic nitrogens is 1. The fraction of sp³-hybridized carbons (Fsp3) is 0.368. The van der Waals surface area contributed by atoms with Crippen LogP contribution in [0.2, 0.25) is 0 Å². The summed E-state index contributed by atoms with van der Waals surface area (Å²) in [6.07, 6.45) is -2.43. The number of nitrogens with one attached hydrogen (secondary N) is 1. The lowest BCUT2D eigenvalue weighted by atomic mass is 10.0. The average Bonchev–Trinajstić information content (AvgIpc) is 3.19. The van der Waals surface area contributed by atoms with Crippen molar-refractivity contribution in [2.45, 2.75) is 19.5 Å². The highest BCUT2D eigenvalue weighted by Gasteiger charge is 2.74. The molecule has 0 unspecified atom stereocenters. The van der Waals surface area contributed by atoms with Gasteiger partial charge in [-0.2, -0.15) is 13.2 Å². The van der Waals surface area contributed by atoms with Gasteiger partial charge in [0.25, 0.3) is 0 Å². The number of alkyl halides is 3. The van der Waals surface area contributed by atoms with Crippen molar-refractivity contribution in [1.82, 2.24) is 9.88 Å². The Kier molecular flexibility index (Phi) is 3.71. The van der Waals surface area contributed by atoms with Gasteiger partial charge in [0.15, 0.2) is 0 Å². The summed E-state index contributed by atoms with van der Waals surface area (Å²) in [7, 11) is 0. The second kappa shape index (κ2) is 5.72. The number of aryl methyl sites for hydroxylation is 1. The Morgan fingerprint density at radius 1 is 1.31 bits per heavy atom. The van der Waals surface area contributed by atoms with Crippen molar-refractivity contribution in [1.29, 1.82) is 0 Å². The lowest BCUT2D eigenvalue weighted by Gasteiger charge is -2.23. The van der Waals surface area contributed by atoms with Crippen molar-refractivity contribution in [2.24, 2.45) is 11.3 Å². The first-order chi connectivity index (χ1) is 12.3. The monoisotopic (exact) mass is 361 g/mol. The molecule has 2 aliphatic rings. The van der Waals surface area contributed by atoms with Crippen LogP contribution < -0.4 is 5.32 Å². The third-order valence-electron chi connectivity index (χ3n) is 5.43. The fourth-order valence-corrected chi connectivity index (χ4v) is 3.78. The highest BCUT2D eigenvalue weighted by molar-refractivity contribution is 5.90. The Balaban J connectivity index is 1.50. The van der Waals surface area contributed by atoms with Gasteiger partial charge in [-0.15, -0.1) is 0 Å². The van der Waals surface area contributed by atoms with Crippen LogP contribution in [-0.2, 0) is 0 Å². The number of anilines is 1. The van der Waals surface area contributed by atoms with Gasteiger partial charge in [0.1, 0.15) is 0 Å². The number of carbonyl (C=O) groups excluding carboxylic acids is 1. The van der Waals surface area contributed by atoms with Gasteiger partial charge in [-0.3, -0.25) is 4.98 Å². The highest BCUT2D eigenvalue weighted by atomic mass is 19.4. The van der Waals surface area contributed by atoms with E-state index >= 15 is 0 Å². The number of nitrogens with zero attached hydrogens (tertiary/aromatic N) is 2. The predicted molar refractivity (Wildman–Crippen MR) is 91.6 cm³/mol. The molecular formula is C19H18F3N3O. The first kappa shape index (κ1) is 16.9. The molecule has 1 N–H and O–H groups in total. The van der Waals surface area contributed by atoms with E-state index in [4.69, 9.17) is 0 Å². The third-order valence-corrected chi connectivity index (χ3v) is 5.43. The number of likely N-dealkylation sites (tertiary alicyclic amines) is 1. The van der Waals surface area contributed by atoms with Gasteiger partial charge in [0.05, 0.1) is 11.1 Å². The van der Waals surface area contributed by atoms with Crippen LogP contribution in [0.3, 0.4) is 0 Å². The molecule has 2 amide bonds. The summed E-state index contributed by atoms with van der Waals surface area (Å²) in [5.41, 5.74) is 1.51. The highest BCUT2D eigenvalue weighted by Crippen LogP contribution is 2.66. The zero-order valence-corrected chi connectivity index (χ0v) is 14.2. The average molecular weight is 361 g/mol. The number of carbonyl (C=O) groups is 1. The smallest absolute Gasteiger partial charge is 0.323 e. The molecule has 26 heavy (non-hydrogen) atoms. The SMILES string of the molecule is Cc1ccc(NC(=O)N2C[C@H]3C[C@@]3(C(F)(F)F)C2)cc1-c1ccccn1. The molecule has 1 saturated carbocycles. The first-order valence-corrected chi connectivity index (χ1v) is 8.45. The van der Waals surface area contributed by atoms with E-state index in [0.29, 0.717) is 5.69 Å². The van der Waals surface area contributed by atoms with Crippen molar-refractivity contribution in [3.63, 3.8) is 0 Å². The Morgan fingerprint density at radius 2 is 2.12 bits per heavy atom. The predicted octanol–water partition coefficient (Wildman–Crippen LogP) is 4.47. The van der Waals surface area contributed by atoms with E-state index in [0.717, 1.165) is 16.8 Å². The maximum absolute atomic E-state index is 13.2. The summed E-state index contributed by atoms with van der Waals surface area (Å²) in [4.78, 5) is 18.0. The van der Waals surface area contributed by atoms with Crippen molar-refractivity contribution in [2.75, 3.05) is 18.4 Å². The fourth-order valence-electron chi connectivity index (χ4n) is 3.78. The summed E-state index contributed by atoms with van der Waals surface area (Å²) in [6, 6.07) is 10.5. The van der Waals surface area contributed by atoms with E-state index in [-0.39, 0.29) is 19.5 Å². The largest absolute Gasteiger partial charge is 0.396 e. The van der Waals surface area contributed by atoms with Gasteiger partial charge in [0, 0.05) is 30.5 Å². The van der Waals surface area contributed by atoms with Gasteiger partial charge >= 0.3 is 12.2 Å². The van der Waals surface area contributed by atoms with Crippen molar-refractivity contribution in [3.05, 3.63) is 48.2 Å². The molecule has 136 valence electrons. The van der Waals surface area contributed by atoms with E-state index in [1.165, 1.54) is 4.90 Å². The van der Waals surface area contributed by atoms with E-state index in [1.54, 1.807) is 18.3 Å². The number of halogens is 3. The number of hydrogen-bond donors (Lipinski definition) is 1. The molecule has 0 spiro atoms. The summed E-state index contributed by atoms with van der Waals surface area (Å²) in [6.45, 7) is 1.84. The number of piperidine rings is 1.